The van der Waals surface area contributed by atoms with Gasteiger partial charge in [-0.15, -0.1) is 0 Å². The largest absolute Gasteiger partial charge is 0.179 e. The zero-order valence-electron chi connectivity index (χ0n) is 10.4. The first kappa shape index (κ1) is 15.9. The Bertz CT molecular complexity index is 134. The first-order valence-electron chi connectivity index (χ1n) is 6.36. The predicted molar refractivity (Wildman–Crippen MR) is 78.9 cm³/mol. The second-order valence-electron chi connectivity index (χ2n) is 5.02. The van der Waals surface area contributed by atoms with Crippen molar-refractivity contribution in [2.24, 2.45) is 0 Å². The van der Waals surface area contributed by atoms with E-state index >= 15 is 0 Å². The van der Waals surface area contributed by atoms with E-state index in [4.69, 9.17) is 11.1 Å². The molecular formula is C12H27ClSSi. The highest BCUT2D eigenvalue weighted by atomic mass is 35.6. The number of unbranched alkanes of at least 4 members (excludes halogenated alkanes) is 7. The molecule has 0 fully saturated rings. The SMILES string of the molecule is C[Si](C)(Cl)CCCCCCCCCCS. The molecule has 0 aliphatic carbocycles. The van der Waals surface area contributed by atoms with E-state index in [0.29, 0.717) is 0 Å². The van der Waals surface area contributed by atoms with Crippen molar-refractivity contribution < 1.29 is 0 Å². The van der Waals surface area contributed by atoms with Gasteiger partial charge in [0.15, 0.2) is 0 Å². The maximum atomic E-state index is 6.26. The molecule has 0 aliphatic rings. The molecule has 0 saturated heterocycles. The molecule has 0 N–H and O–H groups in total. The summed E-state index contributed by atoms with van der Waals surface area (Å²) in [4.78, 5) is 0. The summed E-state index contributed by atoms with van der Waals surface area (Å²) >= 11 is 10.5. The summed E-state index contributed by atoms with van der Waals surface area (Å²) in [6.07, 6.45) is 11.0. The molecule has 0 aromatic carbocycles. The van der Waals surface area contributed by atoms with E-state index in [1.54, 1.807) is 0 Å². The average molecular weight is 267 g/mol. The summed E-state index contributed by atoms with van der Waals surface area (Å²) in [5.74, 6) is 1.05. The Kier molecular flexibility index (Phi) is 10.6. The predicted octanol–water partition coefficient (Wildman–Crippen LogP) is 5.48. The fraction of sp³-hybridized carbons (Fsp3) is 1.00. The van der Waals surface area contributed by atoms with Crippen LogP contribution in [0.2, 0.25) is 19.1 Å². The van der Waals surface area contributed by atoms with Crippen molar-refractivity contribution in [3.63, 3.8) is 0 Å². The lowest BCUT2D eigenvalue weighted by atomic mass is 10.1. The number of thiol groups is 1. The van der Waals surface area contributed by atoms with Gasteiger partial charge in [-0.3, -0.25) is 0 Å². The molecule has 0 nitrogen and oxygen atoms in total. The van der Waals surface area contributed by atoms with Crippen molar-refractivity contribution >= 4 is 31.1 Å². The molecule has 15 heavy (non-hydrogen) atoms. The van der Waals surface area contributed by atoms with Gasteiger partial charge in [0.25, 0.3) is 0 Å². The summed E-state index contributed by atoms with van der Waals surface area (Å²) in [5.41, 5.74) is 0. The van der Waals surface area contributed by atoms with Crippen LogP contribution < -0.4 is 0 Å². The lowest BCUT2D eigenvalue weighted by Crippen LogP contribution is -2.14. The van der Waals surface area contributed by atoms with Crippen LogP contribution in [0.3, 0.4) is 0 Å². The normalized spacial score (nSPS) is 12.0. The monoisotopic (exact) mass is 266 g/mol. The molecule has 0 aliphatic heterocycles. The third-order valence-corrected chi connectivity index (χ3v) is 5.11. The zero-order valence-corrected chi connectivity index (χ0v) is 13.0. The van der Waals surface area contributed by atoms with Gasteiger partial charge >= 0.3 is 0 Å². The van der Waals surface area contributed by atoms with Gasteiger partial charge in [-0.05, 0) is 18.2 Å². The van der Waals surface area contributed by atoms with E-state index < -0.39 is 7.38 Å². The minimum atomic E-state index is -1.28. The van der Waals surface area contributed by atoms with Gasteiger partial charge in [-0.2, -0.15) is 23.7 Å². The minimum absolute atomic E-state index is 1.05. The van der Waals surface area contributed by atoms with Gasteiger partial charge in [0, 0.05) is 0 Å². The molecule has 0 bridgehead atoms. The van der Waals surface area contributed by atoms with Crippen LogP contribution in [0.5, 0.6) is 0 Å². The molecule has 0 amide bonds. The third kappa shape index (κ3) is 14.9. The van der Waals surface area contributed by atoms with Crippen molar-refractivity contribution in [2.45, 2.75) is 70.5 Å². The lowest BCUT2D eigenvalue weighted by molar-refractivity contribution is 0.585. The third-order valence-electron chi connectivity index (χ3n) is 2.68. The van der Waals surface area contributed by atoms with E-state index in [-0.39, 0.29) is 0 Å². The summed E-state index contributed by atoms with van der Waals surface area (Å²) in [5, 5.41) is 0. The molecule has 0 atom stereocenters. The number of hydrogen-bond acceptors (Lipinski definition) is 1. The molecule has 0 saturated carbocycles. The van der Waals surface area contributed by atoms with Gasteiger partial charge in [-0.1, -0.05) is 58.0 Å². The summed E-state index contributed by atoms with van der Waals surface area (Å²) in [6.45, 7) is 4.48. The Balaban J connectivity index is 2.99. The van der Waals surface area contributed by atoms with Gasteiger partial charge in [0.05, 0.1) is 0 Å². The van der Waals surface area contributed by atoms with E-state index in [9.17, 15) is 0 Å². The van der Waals surface area contributed by atoms with Crippen LogP contribution in [0.4, 0.5) is 0 Å². The molecule has 0 aromatic rings. The highest BCUT2D eigenvalue weighted by molar-refractivity contribution is 7.80. The van der Waals surface area contributed by atoms with Crippen LogP contribution in [0.15, 0.2) is 0 Å². The van der Waals surface area contributed by atoms with Crippen molar-refractivity contribution in [3.05, 3.63) is 0 Å². The van der Waals surface area contributed by atoms with Crippen molar-refractivity contribution in [3.8, 4) is 0 Å². The topological polar surface area (TPSA) is 0 Å². The van der Waals surface area contributed by atoms with Gasteiger partial charge in [0.2, 0.25) is 0 Å². The zero-order chi connectivity index (χ0) is 11.6. The van der Waals surface area contributed by atoms with Crippen LogP contribution in [0, 0.1) is 0 Å². The Morgan fingerprint density at radius 2 is 1.20 bits per heavy atom. The van der Waals surface area contributed by atoms with Gasteiger partial charge < -0.3 is 0 Å². The second-order valence-corrected chi connectivity index (χ2v) is 12.5. The average Bonchev–Trinajstić information content (AvgIpc) is 2.14. The first-order chi connectivity index (χ1) is 7.06. The van der Waals surface area contributed by atoms with Crippen LogP contribution in [0.25, 0.3) is 0 Å². The minimum Gasteiger partial charge on any atom is -0.179 e. The van der Waals surface area contributed by atoms with Crippen LogP contribution in [0.1, 0.15) is 51.4 Å². The second kappa shape index (κ2) is 10.0. The molecule has 0 spiro atoms. The maximum Gasteiger partial charge on any atom is 0.150 e. The molecule has 0 unspecified atom stereocenters. The van der Waals surface area contributed by atoms with Gasteiger partial charge in [-0.25, -0.2) is 0 Å². The standard InChI is InChI=1S/C12H27ClSSi/c1-15(2,13)12-10-8-6-4-3-5-7-9-11-14/h14H,3-12H2,1-2H3. The van der Waals surface area contributed by atoms with Crippen LogP contribution in [-0.2, 0) is 0 Å². The molecule has 3 heteroatoms. The number of rotatable bonds is 10. The Hall–Kier alpha value is 0.857. The summed E-state index contributed by atoms with van der Waals surface area (Å²) < 4.78 is 0. The van der Waals surface area contributed by atoms with E-state index in [2.05, 4.69) is 25.7 Å². The number of hydrogen-bond donors (Lipinski definition) is 1. The molecule has 0 heterocycles. The fourth-order valence-corrected chi connectivity index (χ4v) is 3.43. The number of halogens is 1. The maximum absolute atomic E-state index is 6.26. The highest BCUT2D eigenvalue weighted by Crippen LogP contribution is 2.19. The van der Waals surface area contributed by atoms with E-state index in [1.807, 2.05) is 0 Å². The van der Waals surface area contributed by atoms with Gasteiger partial charge in [0.1, 0.15) is 7.38 Å². The fourth-order valence-electron chi connectivity index (χ4n) is 1.72. The molecule has 0 radical (unpaired) electrons. The van der Waals surface area contributed by atoms with Crippen LogP contribution in [-0.4, -0.2) is 13.1 Å². The van der Waals surface area contributed by atoms with E-state index in [1.165, 1.54) is 57.4 Å². The van der Waals surface area contributed by atoms with Crippen LogP contribution >= 0.6 is 23.7 Å². The lowest BCUT2D eigenvalue weighted by Gasteiger charge is -2.11. The summed E-state index contributed by atoms with van der Waals surface area (Å²) in [7, 11) is -1.28. The Labute approximate surface area is 107 Å². The van der Waals surface area contributed by atoms with E-state index in [0.717, 1.165) is 5.75 Å². The van der Waals surface area contributed by atoms with Crippen molar-refractivity contribution in [1.29, 1.82) is 0 Å². The molecule has 0 aromatic heterocycles. The molecule has 92 valence electrons. The Morgan fingerprint density at radius 1 is 0.800 bits per heavy atom. The van der Waals surface area contributed by atoms with Crippen molar-refractivity contribution in [1.82, 2.24) is 0 Å². The highest BCUT2D eigenvalue weighted by Gasteiger charge is 2.15. The Morgan fingerprint density at radius 3 is 1.60 bits per heavy atom. The first-order valence-corrected chi connectivity index (χ1v) is 11.2. The quantitative estimate of drug-likeness (QED) is 0.230. The molecular weight excluding hydrogens is 240 g/mol. The van der Waals surface area contributed by atoms with Crippen molar-refractivity contribution in [2.75, 3.05) is 5.75 Å². The smallest absolute Gasteiger partial charge is 0.150 e. The summed E-state index contributed by atoms with van der Waals surface area (Å²) in [6, 6.07) is 1.29. The molecule has 0 rings (SSSR count).